The average molecular weight is 352 g/mol. The number of hydrogen-bond donors (Lipinski definition) is 1. The van der Waals surface area contributed by atoms with Crippen molar-refractivity contribution in [2.24, 2.45) is 0 Å². The van der Waals surface area contributed by atoms with E-state index in [-0.39, 0.29) is 5.63 Å². The van der Waals surface area contributed by atoms with E-state index in [9.17, 15) is 4.79 Å². The van der Waals surface area contributed by atoms with Crippen LogP contribution in [0.1, 0.15) is 36.5 Å². The molecule has 3 aromatic rings. The Labute approximate surface area is 153 Å². The summed E-state index contributed by atoms with van der Waals surface area (Å²) in [6, 6.07) is 16.0. The third-order valence-electron chi connectivity index (χ3n) is 4.69. The molecule has 0 bridgehead atoms. The van der Waals surface area contributed by atoms with Crippen LogP contribution in [0.15, 0.2) is 57.7 Å². The summed E-state index contributed by atoms with van der Waals surface area (Å²) in [5.41, 5.74) is 3.96. The molecule has 2 N–H and O–H groups in total. The average Bonchev–Trinajstić information content (AvgIpc) is 2.64. The Morgan fingerprint density at radius 3 is 2.54 bits per heavy atom. The number of methoxy groups -OCH3 is 1. The van der Waals surface area contributed by atoms with Gasteiger partial charge in [0.15, 0.2) is 0 Å². The van der Waals surface area contributed by atoms with Crippen LogP contribution in [-0.4, -0.2) is 13.7 Å². The highest BCUT2D eigenvalue weighted by Crippen LogP contribution is 2.22. The van der Waals surface area contributed by atoms with Gasteiger partial charge < -0.3 is 14.5 Å². The molecule has 4 nitrogen and oxygen atoms in total. The first-order chi connectivity index (χ1) is 12.6. The van der Waals surface area contributed by atoms with E-state index in [1.54, 1.807) is 19.2 Å². The van der Waals surface area contributed by atoms with Crippen LogP contribution in [0.3, 0.4) is 0 Å². The predicted octanol–water partition coefficient (Wildman–Crippen LogP) is 3.23. The van der Waals surface area contributed by atoms with Gasteiger partial charge in [-0.1, -0.05) is 38.1 Å². The fourth-order valence-electron chi connectivity index (χ4n) is 3.10. The summed E-state index contributed by atoms with van der Waals surface area (Å²) in [7, 11) is 1.60. The van der Waals surface area contributed by atoms with E-state index in [2.05, 4.69) is 43.4 Å². The molecule has 0 aliphatic carbocycles. The number of benzene rings is 2. The van der Waals surface area contributed by atoms with Crippen LogP contribution >= 0.6 is 0 Å². The van der Waals surface area contributed by atoms with Crippen molar-refractivity contribution in [3.63, 3.8) is 0 Å². The maximum Gasteiger partial charge on any atom is 0.336 e. The monoisotopic (exact) mass is 352 g/mol. The molecular weight excluding hydrogens is 326 g/mol. The lowest BCUT2D eigenvalue weighted by Crippen LogP contribution is -2.83. The Bertz CT molecular complexity index is 926. The van der Waals surface area contributed by atoms with Crippen LogP contribution in [-0.2, 0) is 13.0 Å². The number of rotatable bonds is 7. The van der Waals surface area contributed by atoms with Gasteiger partial charge in [0, 0.05) is 29.5 Å². The van der Waals surface area contributed by atoms with Crippen LogP contribution in [0.4, 0.5) is 0 Å². The number of nitrogens with two attached hydrogens (primary N) is 1. The molecule has 0 saturated heterocycles. The van der Waals surface area contributed by atoms with Crippen molar-refractivity contribution >= 4 is 11.0 Å². The van der Waals surface area contributed by atoms with Gasteiger partial charge in [-0.2, -0.15) is 0 Å². The molecule has 26 heavy (non-hydrogen) atoms. The molecule has 0 radical (unpaired) electrons. The molecular formula is C22H26NO3+. The Balaban J connectivity index is 1.63. The molecule has 0 fully saturated rings. The van der Waals surface area contributed by atoms with Crippen molar-refractivity contribution in [1.29, 1.82) is 0 Å². The van der Waals surface area contributed by atoms with Gasteiger partial charge >= 0.3 is 5.63 Å². The zero-order valence-corrected chi connectivity index (χ0v) is 15.6. The molecule has 0 saturated carbocycles. The van der Waals surface area contributed by atoms with Crippen molar-refractivity contribution in [1.82, 2.24) is 0 Å². The Morgan fingerprint density at radius 1 is 1.08 bits per heavy atom. The molecule has 3 rings (SSSR count). The maximum atomic E-state index is 11.8. The number of quaternary nitrogens is 1. The van der Waals surface area contributed by atoms with Gasteiger partial charge in [0.25, 0.3) is 0 Å². The van der Waals surface area contributed by atoms with Crippen molar-refractivity contribution in [2.45, 2.75) is 32.7 Å². The van der Waals surface area contributed by atoms with E-state index in [1.807, 2.05) is 12.1 Å². The zero-order chi connectivity index (χ0) is 18.5. The smallest absolute Gasteiger partial charge is 0.336 e. The maximum absolute atomic E-state index is 11.8. The van der Waals surface area contributed by atoms with Crippen molar-refractivity contribution < 1.29 is 14.5 Å². The van der Waals surface area contributed by atoms with Gasteiger partial charge in [-0.15, -0.1) is 0 Å². The van der Waals surface area contributed by atoms with Crippen molar-refractivity contribution in [3.8, 4) is 5.75 Å². The van der Waals surface area contributed by atoms with Crippen molar-refractivity contribution in [3.05, 3.63) is 75.6 Å². The number of hydrogen-bond acceptors (Lipinski definition) is 3. The highest BCUT2D eigenvalue weighted by molar-refractivity contribution is 5.81. The Morgan fingerprint density at radius 2 is 1.85 bits per heavy atom. The van der Waals surface area contributed by atoms with Crippen LogP contribution < -0.4 is 15.7 Å². The molecule has 4 heteroatoms. The summed E-state index contributed by atoms with van der Waals surface area (Å²) in [6.07, 6.45) is 1.01. The fourth-order valence-corrected chi connectivity index (χ4v) is 3.10. The minimum absolute atomic E-state index is 0.321. The lowest BCUT2D eigenvalue weighted by Gasteiger charge is -2.08. The molecule has 2 aromatic carbocycles. The highest BCUT2D eigenvalue weighted by atomic mass is 16.5. The predicted molar refractivity (Wildman–Crippen MR) is 104 cm³/mol. The summed E-state index contributed by atoms with van der Waals surface area (Å²) in [6.45, 7) is 6.13. The van der Waals surface area contributed by atoms with E-state index >= 15 is 0 Å². The minimum Gasteiger partial charge on any atom is -0.497 e. The van der Waals surface area contributed by atoms with Crippen LogP contribution in [0.25, 0.3) is 11.0 Å². The normalized spacial score (nSPS) is 11.2. The van der Waals surface area contributed by atoms with Gasteiger partial charge in [0.2, 0.25) is 0 Å². The van der Waals surface area contributed by atoms with Crippen LogP contribution in [0.2, 0.25) is 0 Å². The van der Waals surface area contributed by atoms with Crippen LogP contribution in [0.5, 0.6) is 5.75 Å². The van der Waals surface area contributed by atoms with Gasteiger partial charge in [-0.05, 0) is 29.2 Å². The summed E-state index contributed by atoms with van der Waals surface area (Å²) in [4.78, 5) is 11.8. The second kappa shape index (κ2) is 8.19. The highest BCUT2D eigenvalue weighted by Gasteiger charge is 2.08. The van der Waals surface area contributed by atoms with Gasteiger partial charge in [0.1, 0.15) is 17.9 Å². The first-order valence-electron chi connectivity index (χ1n) is 9.08. The van der Waals surface area contributed by atoms with E-state index in [1.165, 1.54) is 11.1 Å². The first kappa shape index (κ1) is 18.2. The largest absolute Gasteiger partial charge is 0.497 e. The van der Waals surface area contributed by atoms with E-state index < -0.39 is 0 Å². The Hall–Kier alpha value is -2.59. The second-order valence-corrected chi connectivity index (χ2v) is 6.88. The van der Waals surface area contributed by atoms with E-state index in [0.29, 0.717) is 17.3 Å². The summed E-state index contributed by atoms with van der Waals surface area (Å²) >= 11 is 0. The molecule has 0 atom stereocenters. The van der Waals surface area contributed by atoms with Crippen LogP contribution in [0, 0.1) is 0 Å². The number of fused-ring (bicyclic) bond motifs is 1. The summed E-state index contributed by atoms with van der Waals surface area (Å²) in [5, 5.41) is 3.19. The molecule has 0 aliphatic rings. The standard InChI is InChI=1S/C22H25NO3/c1-15(2)17-6-4-16(5-7-17)10-11-23-14-18-12-22(24)26-21-13-19(25-3)8-9-20(18)21/h4-9,12-13,15,23H,10-11,14H2,1-3H3/p+1. The lowest BCUT2D eigenvalue weighted by molar-refractivity contribution is -0.670. The third-order valence-corrected chi connectivity index (χ3v) is 4.69. The molecule has 0 spiro atoms. The Kier molecular flexibility index (Phi) is 5.74. The van der Waals surface area contributed by atoms with Gasteiger partial charge in [-0.3, -0.25) is 0 Å². The quantitative estimate of drug-likeness (QED) is 0.525. The zero-order valence-electron chi connectivity index (χ0n) is 15.6. The molecule has 136 valence electrons. The van der Waals surface area contributed by atoms with Crippen molar-refractivity contribution in [2.75, 3.05) is 13.7 Å². The minimum atomic E-state index is -0.321. The fraction of sp³-hybridized carbons (Fsp3) is 0.318. The molecule has 0 unspecified atom stereocenters. The van der Waals surface area contributed by atoms with E-state index in [0.717, 1.165) is 30.5 Å². The molecule has 0 amide bonds. The summed E-state index contributed by atoms with van der Waals surface area (Å²) < 4.78 is 10.5. The van der Waals surface area contributed by atoms with Gasteiger partial charge in [0.05, 0.1) is 13.7 Å². The molecule has 1 heterocycles. The molecule has 0 aliphatic heterocycles. The SMILES string of the molecule is COc1ccc2c(C[NH2+]CCc3ccc(C(C)C)cc3)cc(=O)oc2c1. The van der Waals surface area contributed by atoms with E-state index in [4.69, 9.17) is 9.15 Å². The topological polar surface area (TPSA) is 56.0 Å². The third kappa shape index (κ3) is 4.33. The number of ether oxygens (including phenoxy) is 1. The summed E-state index contributed by atoms with van der Waals surface area (Å²) in [5.74, 6) is 1.25. The first-order valence-corrected chi connectivity index (χ1v) is 9.08. The molecule has 1 aromatic heterocycles. The van der Waals surface area contributed by atoms with Gasteiger partial charge in [-0.25, -0.2) is 4.79 Å². The second-order valence-electron chi connectivity index (χ2n) is 6.88. The lowest BCUT2D eigenvalue weighted by atomic mass is 10.0.